The molecule has 0 saturated carbocycles. The monoisotopic (exact) mass is 247 g/mol. The zero-order chi connectivity index (χ0) is 13.3. The Hall–Kier alpha value is -1.71. The molecule has 0 spiro atoms. The van der Waals surface area contributed by atoms with Gasteiger partial charge in [-0.3, -0.25) is 0 Å². The summed E-state index contributed by atoms with van der Waals surface area (Å²) in [5.41, 5.74) is 9.17. The number of aryl methyl sites for hydroxylation is 1. The van der Waals surface area contributed by atoms with Crippen LogP contribution in [0.3, 0.4) is 0 Å². The predicted octanol–water partition coefficient (Wildman–Crippen LogP) is 2.33. The number of para-hydroxylation sites is 1. The zero-order valence-electron chi connectivity index (χ0n) is 11.3. The predicted molar refractivity (Wildman–Crippen MR) is 74.3 cm³/mol. The first-order chi connectivity index (χ1) is 8.44. The topological polar surface area (TPSA) is 61.9 Å². The lowest BCUT2D eigenvalue weighted by molar-refractivity contribution is 0.318. The molecule has 3 N–H and O–H groups in total. The molecule has 0 amide bonds. The third kappa shape index (κ3) is 2.28. The van der Waals surface area contributed by atoms with Crippen molar-refractivity contribution in [2.45, 2.75) is 27.2 Å². The van der Waals surface area contributed by atoms with E-state index in [2.05, 4.69) is 36.9 Å². The first-order valence-corrected chi connectivity index (χ1v) is 6.27. The number of benzene rings is 1. The van der Waals surface area contributed by atoms with Gasteiger partial charge in [-0.1, -0.05) is 31.1 Å². The van der Waals surface area contributed by atoms with Crippen LogP contribution < -0.4 is 10.6 Å². The van der Waals surface area contributed by atoms with Crippen LogP contribution in [0.1, 0.15) is 31.4 Å². The minimum absolute atomic E-state index is 0.179. The van der Waals surface area contributed by atoms with Gasteiger partial charge in [0, 0.05) is 18.7 Å². The summed E-state index contributed by atoms with van der Waals surface area (Å²) in [5.74, 6) is 0.179. The maximum Gasteiger partial charge on any atom is 0.172 e. The Labute approximate surface area is 108 Å². The smallest absolute Gasteiger partial charge is 0.172 e. The first kappa shape index (κ1) is 12.7. The van der Waals surface area contributed by atoms with Gasteiger partial charge in [0.05, 0.1) is 5.69 Å². The van der Waals surface area contributed by atoms with Gasteiger partial charge in [0.2, 0.25) is 0 Å². The molecule has 4 heteroatoms. The van der Waals surface area contributed by atoms with Crippen LogP contribution >= 0.6 is 0 Å². The molecule has 1 aromatic carbocycles. The quantitative estimate of drug-likeness (QED) is 0.365. The molecule has 0 aliphatic carbocycles. The van der Waals surface area contributed by atoms with Crippen LogP contribution in [0.2, 0.25) is 0 Å². The maximum atomic E-state index is 8.89. The lowest BCUT2D eigenvalue weighted by Gasteiger charge is -2.25. The van der Waals surface area contributed by atoms with Crippen molar-refractivity contribution in [3.8, 4) is 0 Å². The Morgan fingerprint density at radius 2 is 2.17 bits per heavy atom. The van der Waals surface area contributed by atoms with Gasteiger partial charge in [-0.2, -0.15) is 0 Å². The highest BCUT2D eigenvalue weighted by Crippen LogP contribution is 2.35. The van der Waals surface area contributed by atoms with E-state index in [0.717, 1.165) is 36.3 Å². The normalized spacial score (nSPS) is 19.3. The summed E-state index contributed by atoms with van der Waals surface area (Å²) >= 11 is 0. The fraction of sp³-hybridized carbons (Fsp3) is 0.500. The molecule has 4 nitrogen and oxygen atoms in total. The van der Waals surface area contributed by atoms with Gasteiger partial charge in [-0.05, 0) is 30.4 Å². The SMILES string of the molecule is Cc1cccc(/C(N)=N/O)c1N1CCC(C)(C)C1. The summed E-state index contributed by atoms with van der Waals surface area (Å²) in [7, 11) is 0. The average Bonchev–Trinajstić information content (AvgIpc) is 2.68. The van der Waals surface area contributed by atoms with Gasteiger partial charge in [-0.25, -0.2) is 0 Å². The Morgan fingerprint density at radius 1 is 1.44 bits per heavy atom. The lowest BCUT2D eigenvalue weighted by Crippen LogP contribution is -2.27. The van der Waals surface area contributed by atoms with Crippen molar-refractivity contribution in [2.75, 3.05) is 18.0 Å². The molecule has 0 aromatic heterocycles. The zero-order valence-corrected chi connectivity index (χ0v) is 11.3. The second kappa shape index (κ2) is 4.52. The van der Waals surface area contributed by atoms with Gasteiger partial charge < -0.3 is 15.8 Å². The van der Waals surface area contributed by atoms with Crippen LogP contribution in [0.5, 0.6) is 0 Å². The molecule has 0 unspecified atom stereocenters. The number of oxime groups is 1. The van der Waals surface area contributed by atoms with Crippen LogP contribution in [-0.2, 0) is 0 Å². The highest BCUT2D eigenvalue weighted by atomic mass is 16.4. The average molecular weight is 247 g/mol. The molecule has 1 aromatic rings. The Bertz CT molecular complexity index is 480. The van der Waals surface area contributed by atoms with Crippen molar-refractivity contribution in [1.29, 1.82) is 0 Å². The molecular weight excluding hydrogens is 226 g/mol. The van der Waals surface area contributed by atoms with E-state index >= 15 is 0 Å². The third-order valence-electron chi connectivity index (χ3n) is 3.62. The van der Waals surface area contributed by atoms with E-state index in [4.69, 9.17) is 10.9 Å². The minimum atomic E-state index is 0.179. The largest absolute Gasteiger partial charge is 0.409 e. The Kier molecular flexibility index (Phi) is 3.20. The van der Waals surface area contributed by atoms with E-state index < -0.39 is 0 Å². The van der Waals surface area contributed by atoms with Crippen LogP contribution in [0.15, 0.2) is 23.4 Å². The molecule has 1 aliphatic rings. The summed E-state index contributed by atoms with van der Waals surface area (Å²) in [4.78, 5) is 2.34. The summed E-state index contributed by atoms with van der Waals surface area (Å²) < 4.78 is 0. The number of nitrogens with two attached hydrogens (primary N) is 1. The van der Waals surface area contributed by atoms with Crippen molar-refractivity contribution in [1.82, 2.24) is 0 Å². The lowest BCUT2D eigenvalue weighted by atomic mass is 9.93. The first-order valence-electron chi connectivity index (χ1n) is 6.27. The van der Waals surface area contributed by atoms with E-state index in [1.165, 1.54) is 0 Å². The highest BCUT2D eigenvalue weighted by Gasteiger charge is 2.31. The number of nitrogens with zero attached hydrogens (tertiary/aromatic N) is 2. The Morgan fingerprint density at radius 3 is 2.72 bits per heavy atom. The second-order valence-corrected chi connectivity index (χ2v) is 5.79. The Balaban J connectivity index is 2.44. The molecule has 0 bridgehead atoms. The van der Waals surface area contributed by atoms with Gasteiger partial charge >= 0.3 is 0 Å². The number of hydrogen-bond donors (Lipinski definition) is 2. The van der Waals surface area contributed by atoms with Gasteiger partial charge in [0.25, 0.3) is 0 Å². The number of rotatable bonds is 2. The summed E-state index contributed by atoms with van der Waals surface area (Å²) in [6.45, 7) is 8.63. The standard InChI is InChI=1S/C14H21N3O/c1-10-5-4-6-11(13(15)16-18)12(10)17-8-7-14(2,3)9-17/h4-6,18H,7-9H2,1-3H3,(H2,15,16). The van der Waals surface area contributed by atoms with Gasteiger partial charge in [0.1, 0.15) is 0 Å². The molecule has 1 heterocycles. The molecular formula is C14H21N3O. The fourth-order valence-electron chi connectivity index (χ4n) is 2.64. The number of amidine groups is 1. The molecule has 1 saturated heterocycles. The summed E-state index contributed by atoms with van der Waals surface area (Å²) in [6.07, 6.45) is 1.16. The van der Waals surface area contributed by atoms with E-state index in [1.807, 2.05) is 12.1 Å². The molecule has 0 radical (unpaired) electrons. The van der Waals surface area contributed by atoms with E-state index in [-0.39, 0.29) is 5.84 Å². The molecule has 0 atom stereocenters. The highest BCUT2D eigenvalue weighted by molar-refractivity contribution is 6.02. The fourth-order valence-corrected chi connectivity index (χ4v) is 2.64. The maximum absolute atomic E-state index is 8.89. The summed E-state index contributed by atoms with van der Waals surface area (Å²) in [6, 6.07) is 5.91. The van der Waals surface area contributed by atoms with Crippen molar-refractivity contribution in [3.05, 3.63) is 29.3 Å². The van der Waals surface area contributed by atoms with Crippen LogP contribution in [0.25, 0.3) is 0 Å². The number of hydrogen-bond acceptors (Lipinski definition) is 3. The van der Waals surface area contributed by atoms with E-state index in [0.29, 0.717) is 5.41 Å². The van der Waals surface area contributed by atoms with Crippen molar-refractivity contribution >= 4 is 11.5 Å². The second-order valence-electron chi connectivity index (χ2n) is 5.79. The minimum Gasteiger partial charge on any atom is -0.409 e. The molecule has 1 fully saturated rings. The molecule has 2 rings (SSSR count). The van der Waals surface area contributed by atoms with Crippen LogP contribution in [0.4, 0.5) is 5.69 Å². The number of anilines is 1. The van der Waals surface area contributed by atoms with Crippen molar-refractivity contribution in [2.24, 2.45) is 16.3 Å². The van der Waals surface area contributed by atoms with Crippen LogP contribution in [0, 0.1) is 12.3 Å². The molecule has 18 heavy (non-hydrogen) atoms. The summed E-state index contributed by atoms with van der Waals surface area (Å²) in [5, 5.41) is 12.0. The van der Waals surface area contributed by atoms with Gasteiger partial charge in [-0.15, -0.1) is 0 Å². The molecule has 1 aliphatic heterocycles. The van der Waals surface area contributed by atoms with E-state index in [1.54, 1.807) is 0 Å². The van der Waals surface area contributed by atoms with Crippen LogP contribution in [-0.4, -0.2) is 24.1 Å². The third-order valence-corrected chi connectivity index (χ3v) is 3.62. The molecule has 98 valence electrons. The van der Waals surface area contributed by atoms with Crippen molar-refractivity contribution < 1.29 is 5.21 Å². The van der Waals surface area contributed by atoms with Gasteiger partial charge in [0.15, 0.2) is 5.84 Å². The van der Waals surface area contributed by atoms with E-state index in [9.17, 15) is 0 Å². The van der Waals surface area contributed by atoms with Crippen molar-refractivity contribution in [3.63, 3.8) is 0 Å².